The number of aliphatic imine (C=N–C) groups is 1. The molecule has 1 amide bonds. The van der Waals surface area contributed by atoms with E-state index in [0.29, 0.717) is 24.7 Å². The maximum absolute atomic E-state index is 11.5. The van der Waals surface area contributed by atoms with Gasteiger partial charge in [-0.2, -0.15) is 0 Å². The number of nitrogens with two attached hydrogens (primary N) is 1. The predicted octanol–water partition coefficient (Wildman–Crippen LogP) is 3.36. The van der Waals surface area contributed by atoms with E-state index in [1.807, 2.05) is 18.2 Å². The van der Waals surface area contributed by atoms with Crippen molar-refractivity contribution in [2.24, 2.45) is 4.99 Å². The molecule has 4 N–H and O–H groups in total. The molecule has 0 spiro atoms. The number of aryl methyl sites for hydroxylation is 1. The van der Waals surface area contributed by atoms with Crippen molar-refractivity contribution in [3.05, 3.63) is 42.0 Å². The summed E-state index contributed by atoms with van der Waals surface area (Å²) in [5.41, 5.74) is 9.68. The van der Waals surface area contributed by atoms with E-state index in [1.165, 1.54) is 5.56 Å². The molecule has 2 heterocycles. The Labute approximate surface area is 146 Å². The van der Waals surface area contributed by atoms with E-state index in [-0.39, 0.29) is 5.82 Å². The molecule has 1 aliphatic rings. The van der Waals surface area contributed by atoms with Gasteiger partial charge in [-0.3, -0.25) is 5.32 Å². The Kier molecular flexibility index (Phi) is 5.13. The lowest BCUT2D eigenvalue weighted by Gasteiger charge is -2.19. The normalized spacial score (nSPS) is 12.6. The average molecular weight is 339 g/mol. The van der Waals surface area contributed by atoms with Gasteiger partial charge in [-0.1, -0.05) is 30.3 Å². The Morgan fingerprint density at radius 1 is 1.32 bits per heavy atom. The van der Waals surface area contributed by atoms with Crippen LogP contribution in [-0.2, 0) is 11.2 Å². The molecule has 0 fully saturated rings. The van der Waals surface area contributed by atoms with Gasteiger partial charge in [-0.05, 0) is 25.3 Å². The van der Waals surface area contributed by atoms with Crippen LogP contribution in [0.5, 0.6) is 0 Å². The van der Waals surface area contributed by atoms with Gasteiger partial charge in [0, 0.05) is 11.8 Å². The largest absolute Gasteiger partial charge is 0.450 e. The molecule has 0 bridgehead atoms. The quantitative estimate of drug-likeness (QED) is 0.775. The van der Waals surface area contributed by atoms with Crippen molar-refractivity contribution in [2.75, 3.05) is 29.5 Å². The Hall–Kier alpha value is -3.09. The second kappa shape index (κ2) is 7.65. The van der Waals surface area contributed by atoms with Crippen molar-refractivity contribution in [3.8, 4) is 0 Å². The predicted molar refractivity (Wildman–Crippen MR) is 99.6 cm³/mol. The number of nitrogens with zero attached hydrogens (tertiary/aromatic N) is 2. The fourth-order valence-corrected chi connectivity index (χ4v) is 2.62. The minimum Gasteiger partial charge on any atom is -0.450 e. The number of rotatable bonds is 5. The minimum atomic E-state index is -0.558. The molecule has 3 rings (SSSR count). The summed E-state index contributed by atoms with van der Waals surface area (Å²) in [6, 6.07) is 12.0. The Balaban J connectivity index is 1.72. The molecular formula is C18H21N5O2. The van der Waals surface area contributed by atoms with Crippen LogP contribution >= 0.6 is 0 Å². The van der Waals surface area contributed by atoms with Crippen LogP contribution in [0.3, 0.4) is 0 Å². The summed E-state index contributed by atoms with van der Waals surface area (Å²) in [5, 5.41) is 5.84. The van der Waals surface area contributed by atoms with E-state index in [0.717, 1.165) is 24.2 Å². The Bertz CT molecular complexity index is 790. The number of nitrogen functional groups attached to an aromatic ring is 1. The van der Waals surface area contributed by atoms with Gasteiger partial charge in [0.2, 0.25) is 0 Å². The number of hydrogen-bond donors (Lipinski definition) is 3. The summed E-state index contributed by atoms with van der Waals surface area (Å²) < 4.78 is 4.84. The van der Waals surface area contributed by atoms with Crippen molar-refractivity contribution in [2.45, 2.75) is 19.8 Å². The number of benzene rings is 1. The number of anilines is 3. The molecule has 7 nitrogen and oxygen atoms in total. The van der Waals surface area contributed by atoms with Crippen molar-refractivity contribution >= 4 is 34.8 Å². The number of carbonyl (C=O) groups excluding carboxylic acids is 1. The lowest BCUT2D eigenvalue weighted by atomic mass is 10.1. The van der Waals surface area contributed by atoms with E-state index < -0.39 is 6.09 Å². The first kappa shape index (κ1) is 16.8. The first-order valence-corrected chi connectivity index (χ1v) is 8.24. The first-order valence-electron chi connectivity index (χ1n) is 8.24. The van der Waals surface area contributed by atoms with Gasteiger partial charge in [0.15, 0.2) is 5.82 Å². The third-order valence-electron chi connectivity index (χ3n) is 3.82. The van der Waals surface area contributed by atoms with Gasteiger partial charge in [0.05, 0.1) is 18.8 Å². The van der Waals surface area contributed by atoms with Crippen LogP contribution in [0.1, 0.15) is 18.9 Å². The van der Waals surface area contributed by atoms with Crippen LogP contribution in [0.25, 0.3) is 0 Å². The molecule has 0 saturated carbocycles. The number of nitrogens with one attached hydrogen (secondary N) is 2. The van der Waals surface area contributed by atoms with E-state index in [9.17, 15) is 4.79 Å². The number of amides is 1. The topological polar surface area (TPSA) is 102 Å². The van der Waals surface area contributed by atoms with Crippen LogP contribution in [0.15, 0.2) is 41.4 Å². The zero-order valence-electron chi connectivity index (χ0n) is 14.1. The molecule has 0 unspecified atom stereocenters. The van der Waals surface area contributed by atoms with Gasteiger partial charge in [-0.25, -0.2) is 14.8 Å². The van der Waals surface area contributed by atoms with Gasteiger partial charge in [0.1, 0.15) is 11.5 Å². The third-order valence-corrected chi connectivity index (χ3v) is 3.82. The zero-order valence-corrected chi connectivity index (χ0v) is 14.1. The van der Waals surface area contributed by atoms with E-state index >= 15 is 0 Å². The number of carbonyl (C=O) groups is 1. The fraction of sp³-hybridized carbons (Fsp3) is 0.278. The molecule has 1 aliphatic heterocycles. The maximum Gasteiger partial charge on any atom is 0.412 e. The molecule has 0 atom stereocenters. The molecule has 0 aliphatic carbocycles. The van der Waals surface area contributed by atoms with Gasteiger partial charge in [0.25, 0.3) is 0 Å². The number of pyridine rings is 1. The van der Waals surface area contributed by atoms with Gasteiger partial charge in [-0.15, -0.1) is 0 Å². The number of hydrogen-bond acceptors (Lipinski definition) is 6. The molecule has 7 heteroatoms. The molecule has 0 saturated heterocycles. The minimum absolute atomic E-state index is 0.272. The number of aromatic nitrogens is 1. The first-order chi connectivity index (χ1) is 12.2. The second-order valence-electron chi connectivity index (χ2n) is 5.65. The highest BCUT2D eigenvalue weighted by Crippen LogP contribution is 2.35. The van der Waals surface area contributed by atoms with Crippen LogP contribution in [0.2, 0.25) is 0 Å². The van der Waals surface area contributed by atoms with Crippen molar-refractivity contribution in [3.63, 3.8) is 0 Å². The van der Waals surface area contributed by atoms with Crippen LogP contribution < -0.4 is 16.4 Å². The monoisotopic (exact) mass is 339 g/mol. The SMILES string of the molecule is CCOC(=O)Nc1cc2c(c(N)n1)N=C(CCc1ccccc1)CN2. The summed E-state index contributed by atoms with van der Waals surface area (Å²) >= 11 is 0. The maximum atomic E-state index is 11.5. The number of fused-ring (bicyclic) bond motifs is 1. The Morgan fingerprint density at radius 2 is 2.12 bits per heavy atom. The second-order valence-corrected chi connectivity index (χ2v) is 5.65. The molecule has 1 aromatic carbocycles. The molecule has 0 radical (unpaired) electrons. The van der Waals surface area contributed by atoms with Gasteiger partial charge >= 0.3 is 6.09 Å². The highest BCUT2D eigenvalue weighted by atomic mass is 16.5. The lowest BCUT2D eigenvalue weighted by molar-refractivity contribution is 0.168. The highest BCUT2D eigenvalue weighted by Gasteiger charge is 2.17. The zero-order chi connectivity index (χ0) is 17.6. The molecule has 2 aromatic rings. The summed E-state index contributed by atoms with van der Waals surface area (Å²) in [6.07, 6.45) is 1.21. The summed E-state index contributed by atoms with van der Waals surface area (Å²) in [7, 11) is 0. The lowest BCUT2D eigenvalue weighted by Crippen LogP contribution is -2.20. The molecule has 1 aromatic heterocycles. The van der Waals surface area contributed by atoms with E-state index in [2.05, 4.69) is 32.7 Å². The average Bonchev–Trinajstić information content (AvgIpc) is 2.61. The summed E-state index contributed by atoms with van der Waals surface area (Å²) in [6.45, 7) is 2.67. The summed E-state index contributed by atoms with van der Waals surface area (Å²) in [5.74, 6) is 0.610. The van der Waals surface area contributed by atoms with Crippen molar-refractivity contribution < 1.29 is 9.53 Å². The highest BCUT2D eigenvalue weighted by molar-refractivity contribution is 5.98. The fourth-order valence-electron chi connectivity index (χ4n) is 2.62. The van der Waals surface area contributed by atoms with Crippen LogP contribution in [0, 0.1) is 0 Å². The Morgan fingerprint density at radius 3 is 2.88 bits per heavy atom. The third kappa shape index (κ3) is 4.26. The van der Waals surface area contributed by atoms with E-state index in [4.69, 9.17) is 10.5 Å². The van der Waals surface area contributed by atoms with Crippen LogP contribution in [0.4, 0.5) is 27.8 Å². The standard InChI is InChI=1S/C18H21N5O2/c1-2-25-18(24)23-15-10-14-16(17(19)22-15)21-13(11-20-14)9-8-12-6-4-3-5-7-12/h3-7,10,20H,2,8-9,11H2,1H3,(H3,19,22,23,24). The van der Waals surface area contributed by atoms with Crippen molar-refractivity contribution in [1.29, 1.82) is 0 Å². The molecule has 130 valence electrons. The molecule has 25 heavy (non-hydrogen) atoms. The summed E-state index contributed by atoms with van der Waals surface area (Å²) in [4.78, 5) is 20.3. The van der Waals surface area contributed by atoms with Crippen LogP contribution in [-0.4, -0.2) is 29.9 Å². The molecular weight excluding hydrogens is 318 g/mol. The number of ether oxygens (including phenoxy) is 1. The van der Waals surface area contributed by atoms with Crippen molar-refractivity contribution in [1.82, 2.24) is 4.98 Å². The van der Waals surface area contributed by atoms with Gasteiger partial charge < -0.3 is 15.8 Å². The van der Waals surface area contributed by atoms with E-state index in [1.54, 1.807) is 13.0 Å². The smallest absolute Gasteiger partial charge is 0.412 e.